The molecule has 7 heteroatoms. The Morgan fingerprint density at radius 2 is 2.08 bits per heavy atom. The monoisotopic (exact) mass is 353 g/mol. The number of aromatic nitrogens is 4. The van der Waals surface area contributed by atoms with E-state index < -0.39 is 0 Å². The van der Waals surface area contributed by atoms with Gasteiger partial charge in [0.2, 0.25) is 5.91 Å². The molecule has 2 aromatic heterocycles. The molecule has 0 unspecified atom stereocenters. The fourth-order valence-corrected chi connectivity index (χ4v) is 2.89. The summed E-state index contributed by atoms with van der Waals surface area (Å²) in [6.45, 7) is 1.13. The van der Waals surface area contributed by atoms with Gasteiger partial charge in [-0.2, -0.15) is 5.10 Å². The summed E-state index contributed by atoms with van der Waals surface area (Å²) < 4.78 is 3.34. The van der Waals surface area contributed by atoms with Crippen molar-refractivity contribution in [1.82, 2.24) is 24.6 Å². The molecular formula is C19H23N5O2. The predicted molar refractivity (Wildman–Crippen MR) is 99.8 cm³/mol. The first-order chi connectivity index (χ1) is 12.6. The van der Waals surface area contributed by atoms with Crippen LogP contribution < -0.4 is 10.9 Å². The number of benzene rings is 1. The third kappa shape index (κ3) is 4.56. The molecule has 26 heavy (non-hydrogen) atoms. The molecule has 0 atom stereocenters. The molecule has 0 aliphatic heterocycles. The molecule has 2 heterocycles. The van der Waals surface area contributed by atoms with Crippen LogP contribution >= 0.6 is 0 Å². The van der Waals surface area contributed by atoms with Crippen LogP contribution in [0.5, 0.6) is 0 Å². The summed E-state index contributed by atoms with van der Waals surface area (Å²) in [5.41, 5.74) is 1.80. The van der Waals surface area contributed by atoms with Crippen LogP contribution in [0.3, 0.4) is 0 Å². The molecule has 0 aliphatic rings. The molecule has 136 valence electrons. The summed E-state index contributed by atoms with van der Waals surface area (Å²) in [5, 5.41) is 7.65. The molecule has 1 amide bonds. The van der Waals surface area contributed by atoms with Crippen LogP contribution in [-0.4, -0.2) is 31.8 Å². The highest BCUT2D eigenvalue weighted by Crippen LogP contribution is 2.05. The average Bonchev–Trinajstić information content (AvgIpc) is 3.06. The van der Waals surface area contributed by atoms with Crippen molar-refractivity contribution in [3.63, 3.8) is 0 Å². The van der Waals surface area contributed by atoms with E-state index >= 15 is 0 Å². The fourth-order valence-electron chi connectivity index (χ4n) is 2.89. The van der Waals surface area contributed by atoms with Gasteiger partial charge < -0.3 is 5.32 Å². The fraction of sp³-hybridized carbons (Fsp3) is 0.368. The Balaban J connectivity index is 1.40. The van der Waals surface area contributed by atoms with Crippen LogP contribution in [0.4, 0.5) is 0 Å². The standard InChI is InChI=1S/C19H23N5O2/c1-23-13-15(12-22-23)6-4-10-20-18(25)9-5-11-24-14-21-17-8-3-2-7-16(17)19(24)26/h2-3,7-8,12-14H,4-6,9-11H2,1H3,(H,20,25). The van der Waals surface area contributed by atoms with Crippen LogP contribution in [-0.2, 0) is 24.8 Å². The highest BCUT2D eigenvalue weighted by molar-refractivity contribution is 5.77. The number of rotatable bonds is 8. The molecule has 0 aliphatic carbocycles. The molecule has 0 saturated heterocycles. The van der Waals surface area contributed by atoms with Crippen molar-refractivity contribution in [3.05, 3.63) is 58.9 Å². The molecule has 0 saturated carbocycles. The van der Waals surface area contributed by atoms with E-state index in [1.165, 1.54) is 5.56 Å². The maximum atomic E-state index is 12.4. The van der Waals surface area contributed by atoms with E-state index in [-0.39, 0.29) is 11.5 Å². The van der Waals surface area contributed by atoms with Crippen LogP contribution in [0.25, 0.3) is 10.9 Å². The minimum atomic E-state index is -0.0625. The maximum absolute atomic E-state index is 12.4. The summed E-state index contributed by atoms with van der Waals surface area (Å²) in [6.07, 6.45) is 8.16. The lowest BCUT2D eigenvalue weighted by Crippen LogP contribution is -2.26. The predicted octanol–water partition coefficient (Wildman–Crippen LogP) is 1.66. The Bertz CT molecular complexity index is 944. The second-order valence-corrected chi connectivity index (χ2v) is 6.34. The molecule has 1 aromatic carbocycles. The lowest BCUT2D eigenvalue weighted by atomic mass is 10.2. The number of hydrogen-bond acceptors (Lipinski definition) is 4. The quantitative estimate of drug-likeness (QED) is 0.625. The van der Waals surface area contributed by atoms with E-state index in [0.717, 1.165) is 12.8 Å². The number of amides is 1. The first-order valence-corrected chi connectivity index (χ1v) is 8.82. The number of nitrogens with one attached hydrogen (secondary N) is 1. The average molecular weight is 353 g/mol. The molecular weight excluding hydrogens is 330 g/mol. The smallest absolute Gasteiger partial charge is 0.261 e. The first-order valence-electron chi connectivity index (χ1n) is 8.82. The molecule has 0 bridgehead atoms. The number of carbonyl (C=O) groups excluding carboxylic acids is 1. The van der Waals surface area contributed by atoms with Gasteiger partial charge in [0.15, 0.2) is 0 Å². The lowest BCUT2D eigenvalue weighted by molar-refractivity contribution is -0.121. The van der Waals surface area contributed by atoms with Crippen LogP contribution in [0.1, 0.15) is 24.8 Å². The second kappa shape index (κ2) is 8.42. The third-order valence-corrected chi connectivity index (χ3v) is 4.26. The molecule has 1 N–H and O–H groups in total. The molecule has 3 rings (SSSR count). The van der Waals surface area contributed by atoms with Crippen molar-refractivity contribution < 1.29 is 4.79 Å². The number of para-hydroxylation sites is 1. The van der Waals surface area contributed by atoms with E-state index in [4.69, 9.17) is 0 Å². The number of hydrogen-bond donors (Lipinski definition) is 1. The maximum Gasteiger partial charge on any atom is 0.261 e. The van der Waals surface area contributed by atoms with Crippen molar-refractivity contribution in [2.24, 2.45) is 7.05 Å². The largest absolute Gasteiger partial charge is 0.356 e. The summed E-state index contributed by atoms with van der Waals surface area (Å²) in [7, 11) is 1.89. The Hall–Kier alpha value is -2.96. The van der Waals surface area contributed by atoms with Gasteiger partial charge in [-0.05, 0) is 37.0 Å². The number of fused-ring (bicyclic) bond motifs is 1. The van der Waals surface area contributed by atoms with Crippen molar-refractivity contribution in [2.75, 3.05) is 6.54 Å². The molecule has 3 aromatic rings. The van der Waals surface area contributed by atoms with E-state index in [2.05, 4.69) is 15.4 Å². The van der Waals surface area contributed by atoms with E-state index in [1.807, 2.05) is 37.6 Å². The van der Waals surface area contributed by atoms with Crippen molar-refractivity contribution >= 4 is 16.8 Å². The van der Waals surface area contributed by atoms with Crippen LogP contribution in [0, 0.1) is 0 Å². The van der Waals surface area contributed by atoms with Gasteiger partial charge in [-0.25, -0.2) is 4.98 Å². The third-order valence-electron chi connectivity index (χ3n) is 4.26. The molecule has 0 radical (unpaired) electrons. The minimum Gasteiger partial charge on any atom is -0.356 e. The Morgan fingerprint density at radius 3 is 2.88 bits per heavy atom. The van der Waals surface area contributed by atoms with Gasteiger partial charge in [0, 0.05) is 32.8 Å². The zero-order valence-corrected chi connectivity index (χ0v) is 14.9. The van der Waals surface area contributed by atoms with Gasteiger partial charge in [-0.1, -0.05) is 12.1 Å². The topological polar surface area (TPSA) is 81.8 Å². The van der Waals surface area contributed by atoms with E-state index in [0.29, 0.717) is 36.8 Å². The molecule has 7 nitrogen and oxygen atoms in total. The molecule has 0 spiro atoms. The van der Waals surface area contributed by atoms with Crippen molar-refractivity contribution in [3.8, 4) is 0 Å². The van der Waals surface area contributed by atoms with Crippen LogP contribution in [0.2, 0.25) is 0 Å². The molecule has 0 fully saturated rings. The second-order valence-electron chi connectivity index (χ2n) is 6.34. The SMILES string of the molecule is Cn1cc(CCCNC(=O)CCCn2cnc3ccccc3c2=O)cn1. The summed E-state index contributed by atoms with van der Waals surface area (Å²) in [6, 6.07) is 7.28. The van der Waals surface area contributed by atoms with Crippen molar-refractivity contribution in [1.29, 1.82) is 0 Å². The first kappa shape index (κ1) is 17.8. The van der Waals surface area contributed by atoms with Gasteiger partial charge in [0.25, 0.3) is 5.56 Å². The summed E-state index contributed by atoms with van der Waals surface area (Å²) in [5.74, 6) is 0.0120. The van der Waals surface area contributed by atoms with Gasteiger partial charge in [-0.3, -0.25) is 18.8 Å². The van der Waals surface area contributed by atoms with E-state index in [9.17, 15) is 9.59 Å². The van der Waals surface area contributed by atoms with Gasteiger partial charge >= 0.3 is 0 Å². The number of nitrogens with zero attached hydrogens (tertiary/aromatic N) is 4. The Morgan fingerprint density at radius 1 is 1.23 bits per heavy atom. The number of carbonyl (C=O) groups is 1. The van der Waals surface area contributed by atoms with Crippen LogP contribution in [0.15, 0.2) is 47.8 Å². The zero-order chi connectivity index (χ0) is 18.4. The summed E-state index contributed by atoms with van der Waals surface area (Å²) >= 11 is 0. The van der Waals surface area contributed by atoms with Gasteiger partial charge in [-0.15, -0.1) is 0 Å². The number of aryl methyl sites for hydroxylation is 3. The normalized spacial score (nSPS) is 11.0. The highest BCUT2D eigenvalue weighted by Gasteiger charge is 2.05. The zero-order valence-electron chi connectivity index (χ0n) is 14.9. The Kier molecular flexibility index (Phi) is 5.78. The van der Waals surface area contributed by atoms with Gasteiger partial charge in [0.05, 0.1) is 23.4 Å². The lowest BCUT2D eigenvalue weighted by Gasteiger charge is -2.07. The summed E-state index contributed by atoms with van der Waals surface area (Å²) in [4.78, 5) is 28.6. The van der Waals surface area contributed by atoms with Crippen molar-refractivity contribution in [2.45, 2.75) is 32.2 Å². The highest BCUT2D eigenvalue weighted by atomic mass is 16.1. The van der Waals surface area contributed by atoms with Gasteiger partial charge in [0.1, 0.15) is 0 Å². The minimum absolute atomic E-state index is 0.0120. The van der Waals surface area contributed by atoms with E-state index in [1.54, 1.807) is 21.6 Å². The Labute approximate surface area is 151 Å².